The molecule has 4 rings (SSSR count). The van der Waals surface area contributed by atoms with Crippen molar-refractivity contribution in [2.75, 3.05) is 0 Å². The van der Waals surface area contributed by atoms with Gasteiger partial charge in [0.15, 0.2) is 5.17 Å². The molecule has 0 bridgehead atoms. The van der Waals surface area contributed by atoms with Crippen molar-refractivity contribution in [1.82, 2.24) is 5.32 Å². The molecule has 4 nitrogen and oxygen atoms in total. The Hall–Kier alpha value is -3.23. The van der Waals surface area contributed by atoms with Crippen LogP contribution in [-0.4, -0.2) is 11.1 Å². The van der Waals surface area contributed by atoms with E-state index in [-0.39, 0.29) is 16.8 Å². The Balaban J connectivity index is 1.43. The lowest BCUT2D eigenvalue weighted by Gasteiger charge is -2.08. The molecule has 0 atom stereocenters. The van der Waals surface area contributed by atoms with Crippen molar-refractivity contribution >= 4 is 46.2 Å². The van der Waals surface area contributed by atoms with Crippen LogP contribution in [0.3, 0.4) is 0 Å². The number of amidine groups is 1. The van der Waals surface area contributed by atoms with Crippen LogP contribution in [0.5, 0.6) is 5.75 Å². The normalized spacial score (nSPS) is 16.3. The second-order valence-corrected chi connectivity index (χ2v) is 8.42. The Kier molecular flexibility index (Phi) is 6.76. The number of alkyl halides is 3. The van der Waals surface area contributed by atoms with Gasteiger partial charge >= 0.3 is 6.18 Å². The van der Waals surface area contributed by atoms with Crippen LogP contribution in [0, 0.1) is 0 Å². The summed E-state index contributed by atoms with van der Waals surface area (Å²) in [4.78, 5) is 16.8. The molecule has 0 aliphatic carbocycles. The van der Waals surface area contributed by atoms with E-state index in [0.717, 1.165) is 35.0 Å². The molecule has 0 unspecified atom stereocenters. The number of nitrogens with one attached hydrogen (secondary N) is 1. The van der Waals surface area contributed by atoms with Gasteiger partial charge in [0.1, 0.15) is 12.4 Å². The Morgan fingerprint density at radius 3 is 2.52 bits per heavy atom. The SMILES string of the molecule is O=C1NC(=Nc2cccc(C(F)(F)F)c2)S/C1=C\c1ccc(OCc2ccccc2Cl)cc1. The number of hydrogen-bond acceptors (Lipinski definition) is 4. The average molecular weight is 489 g/mol. The number of ether oxygens (including phenoxy) is 1. The highest BCUT2D eigenvalue weighted by Crippen LogP contribution is 2.33. The quantitative estimate of drug-likeness (QED) is 0.400. The van der Waals surface area contributed by atoms with E-state index in [4.69, 9.17) is 16.3 Å². The average Bonchev–Trinajstić information content (AvgIpc) is 3.12. The fraction of sp³-hybridized carbons (Fsp3) is 0.0833. The third-order valence-electron chi connectivity index (χ3n) is 4.59. The van der Waals surface area contributed by atoms with E-state index in [1.807, 2.05) is 18.2 Å². The topological polar surface area (TPSA) is 50.7 Å². The van der Waals surface area contributed by atoms with Crippen LogP contribution in [0.4, 0.5) is 18.9 Å². The third kappa shape index (κ3) is 5.97. The molecule has 0 saturated carbocycles. The van der Waals surface area contributed by atoms with Gasteiger partial charge in [-0.15, -0.1) is 0 Å². The Labute approximate surface area is 197 Å². The highest BCUT2D eigenvalue weighted by Gasteiger charge is 2.30. The van der Waals surface area contributed by atoms with Crippen molar-refractivity contribution in [3.8, 4) is 5.75 Å². The maximum Gasteiger partial charge on any atom is 0.416 e. The summed E-state index contributed by atoms with van der Waals surface area (Å²) in [5.74, 6) is 0.275. The molecule has 0 aromatic heterocycles. The Morgan fingerprint density at radius 1 is 1.03 bits per heavy atom. The van der Waals surface area contributed by atoms with Crippen LogP contribution in [0.2, 0.25) is 5.02 Å². The standard InChI is InChI=1S/C24H16ClF3N2O2S/c25-20-7-2-1-4-16(20)14-32-19-10-8-15(9-11-19)12-21-22(31)30-23(33-21)29-18-6-3-5-17(13-18)24(26,27)28/h1-13H,14H2,(H,29,30,31)/b21-12-. The van der Waals surface area contributed by atoms with Crippen LogP contribution in [0.25, 0.3) is 6.08 Å². The molecule has 1 amide bonds. The second-order valence-electron chi connectivity index (χ2n) is 6.98. The molecule has 1 saturated heterocycles. The molecular weight excluding hydrogens is 473 g/mol. The lowest BCUT2D eigenvalue weighted by molar-refractivity contribution is -0.137. The van der Waals surface area contributed by atoms with Crippen molar-refractivity contribution < 1.29 is 22.7 Å². The number of hydrogen-bond donors (Lipinski definition) is 1. The highest BCUT2D eigenvalue weighted by atomic mass is 35.5. The smallest absolute Gasteiger partial charge is 0.416 e. The summed E-state index contributed by atoms with van der Waals surface area (Å²) in [6.45, 7) is 0.327. The van der Waals surface area contributed by atoms with Gasteiger partial charge in [-0.2, -0.15) is 13.2 Å². The first-order valence-electron chi connectivity index (χ1n) is 9.71. The van der Waals surface area contributed by atoms with Gasteiger partial charge in [0.25, 0.3) is 5.91 Å². The zero-order valence-electron chi connectivity index (χ0n) is 16.9. The summed E-state index contributed by atoms with van der Waals surface area (Å²) in [5, 5.41) is 3.42. The first-order valence-corrected chi connectivity index (χ1v) is 10.9. The number of nitrogens with zero attached hydrogens (tertiary/aromatic N) is 1. The fourth-order valence-electron chi connectivity index (χ4n) is 2.94. The molecule has 0 radical (unpaired) electrons. The molecule has 1 aliphatic rings. The van der Waals surface area contributed by atoms with Crippen LogP contribution >= 0.6 is 23.4 Å². The minimum atomic E-state index is -4.46. The van der Waals surface area contributed by atoms with Crippen molar-refractivity contribution in [2.45, 2.75) is 12.8 Å². The highest BCUT2D eigenvalue weighted by molar-refractivity contribution is 8.18. The van der Waals surface area contributed by atoms with E-state index in [9.17, 15) is 18.0 Å². The molecule has 9 heteroatoms. The summed E-state index contributed by atoms with van der Waals surface area (Å²) < 4.78 is 44.4. The summed E-state index contributed by atoms with van der Waals surface area (Å²) in [6.07, 6.45) is -2.79. The van der Waals surface area contributed by atoms with Gasteiger partial charge < -0.3 is 10.1 Å². The molecule has 168 valence electrons. The fourth-order valence-corrected chi connectivity index (χ4v) is 3.97. The predicted molar refractivity (Wildman–Crippen MR) is 124 cm³/mol. The number of rotatable bonds is 5. The van der Waals surface area contributed by atoms with Gasteiger partial charge in [0, 0.05) is 10.6 Å². The van der Waals surface area contributed by atoms with Crippen LogP contribution in [-0.2, 0) is 17.6 Å². The predicted octanol–water partition coefficient (Wildman–Crippen LogP) is 6.83. The van der Waals surface area contributed by atoms with Crippen molar-refractivity contribution in [1.29, 1.82) is 0 Å². The van der Waals surface area contributed by atoms with Crippen molar-refractivity contribution in [2.24, 2.45) is 4.99 Å². The number of aliphatic imine (C=N–C) groups is 1. The van der Waals surface area contributed by atoms with E-state index in [2.05, 4.69) is 10.3 Å². The molecular formula is C24H16ClF3N2O2S. The minimum absolute atomic E-state index is 0.105. The van der Waals surface area contributed by atoms with Crippen molar-refractivity contribution in [3.63, 3.8) is 0 Å². The molecule has 3 aromatic rings. The summed E-state index contributed by atoms with van der Waals surface area (Å²) in [5.41, 5.74) is 0.940. The maximum atomic E-state index is 12.9. The van der Waals surface area contributed by atoms with Crippen LogP contribution in [0.1, 0.15) is 16.7 Å². The van der Waals surface area contributed by atoms with Gasteiger partial charge in [0.05, 0.1) is 16.2 Å². The number of halogens is 4. The van der Waals surface area contributed by atoms with Crippen LogP contribution in [0.15, 0.2) is 82.7 Å². The zero-order chi connectivity index (χ0) is 23.4. The first-order chi connectivity index (χ1) is 15.8. The number of carbonyl (C=O) groups is 1. The van der Waals surface area contributed by atoms with Gasteiger partial charge in [-0.05, 0) is 59.8 Å². The van der Waals surface area contributed by atoms with Gasteiger partial charge in [-0.3, -0.25) is 4.79 Å². The molecule has 1 aliphatic heterocycles. The maximum absolute atomic E-state index is 12.9. The number of amides is 1. The van der Waals surface area contributed by atoms with Gasteiger partial charge in [0.2, 0.25) is 0 Å². The van der Waals surface area contributed by atoms with E-state index >= 15 is 0 Å². The number of thioether (sulfide) groups is 1. The zero-order valence-corrected chi connectivity index (χ0v) is 18.5. The third-order valence-corrected chi connectivity index (χ3v) is 5.86. The Bertz CT molecular complexity index is 1240. The monoisotopic (exact) mass is 488 g/mol. The van der Waals surface area contributed by atoms with Crippen LogP contribution < -0.4 is 10.1 Å². The van der Waals surface area contributed by atoms with E-state index in [1.165, 1.54) is 12.1 Å². The van der Waals surface area contributed by atoms with Crippen molar-refractivity contribution in [3.05, 3.63) is 99.4 Å². The summed E-state index contributed by atoms with van der Waals surface area (Å²) in [7, 11) is 0. The first kappa shape index (κ1) is 22.9. The summed E-state index contributed by atoms with van der Waals surface area (Å²) >= 11 is 7.19. The lowest BCUT2D eigenvalue weighted by atomic mass is 10.2. The molecule has 1 heterocycles. The molecule has 1 N–H and O–H groups in total. The Morgan fingerprint density at radius 2 is 1.79 bits per heavy atom. The molecule has 1 fully saturated rings. The van der Waals surface area contributed by atoms with E-state index < -0.39 is 11.7 Å². The lowest BCUT2D eigenvalue weighted by Crippen LogP contribution is -2.19. The largest absolute Gasteiger partial charge is 0.489 e. The summed E-state index contributed by atoms with van der Waals surface area (Å²) in [6, 6.07) is 19.2. The number of benzene rings is 3. The molecule has 33 heavy (non-hydrogen) atoms. The minimum Gasteiger partial charge on any atom is -0.489 e. The van der Waals surface area contributed by atoms with Gasteiger partial charge in [-0.1, -0.05) is 48.0 Å². The van der Waals surface area contributed by atoms with E-state index in [1.54, 1.807) is 36.4 Å². The second kappa shape index (κ2) is 9.72. The number of carbonyl (C=O) groups excluding carboxylic acids is 1. The van der Waals surface area contributed by atoms with E-state index in [0.29, 0.717) is 22.3 Å². The molecule has 0 spiro atoms. The van der Waals surface area contributed by atoms with Gasteiger partial charge in [-0.25, -0.2) is 4.99 Å². The molecule has 3 aromatic carbocycles.